The Morgan fingerprint density at radius 2 is 1.93 bits per heavy atom. The molecule has 0 unspecified atom stereocenters. The first-order valence-electron chi connectivity index (χ1n) is 8.14. The summed E-state index contributed by atoms with van der Waals surface area (Å²) in [4.78, 5) is 19.8. The van der Waals surface area contributed by atoms with Gasteiger partial charge in [0, 0.05) is 0 Å². The number of hydrogen-bond donors (Lipinski definition) is 2. The van der Waals surface area contributed by atoms with E-state index < -0.39 is 0 Å². The van der Waals surface area contributed by atoms with Crippen LogP contribution in [0.3, 0.4) is 0 Å². The molecule has 2 heterocycles. The molecule has 0 fully saturated rings. The Hall–Kier alpha value is -3.33. The number of rotatable bonds is 7. The normalized spacial score (nSPS) is 10.8. The highest BCUT2D eigenvalue weighted by Gasteiger charge is 2.15. The van der Waals surface area contributed by atoms with E-state index in [1.165, 1.54) is 11.8 Å². The number of thioether (sulfide) groups is 1. The van der Waals surface area contributed by atoms with Crippen LogP contribution in [0.4, 0.5) is 5.82 Å². The highest BCUT2D eigenvalue weighted by molar-refractivity contribution is 7.99. The minimum absolute atomic E-state index is 0.140. The molecule has 0 saturated heterocycles. The quantitative estimate of drug-likeness (QED) is 0.473. The average Bonchev–Trinajstić information content (AvgIpc) is 3.31. The minimum atomic E-state index is -0.263. The molecule has 4 aromatic rings. The van der Waals surface area contributed by atoms with E-state index in [1.54, 1.807) is 0 Å². The fraction of sp³-hybridized carbons (Fsp3) is 0.111. The van der Waals surface area contributed by atoms with Crippen LogP contribution in [0.1, 0.15) is 5.56 Å². The Kier molecular flexibility index (Phi) is 5.01. The van der Waals surface area contributed by atoms with Gasteiger partial charge in [-0.25, -0.2) is 9.61 Å². The number of aromatic nitrogens is 4. The van der Waals surface area contributed by atoms with Crippen LogP contribution in [0.2, 0.25) is 0 Å². The number of benzene rings is 2. The van der Waals surface area contributed by atoms with E-state index in [2.05, 4.69) is 30.2 Å². The first-order valence-corrected chi connectivity index (χ1v) is 9.13. The van der Waals surface area contributed by atoms with E-state index in [0.717, 1.165) is 16.6 Å². The van der Waals surface area contributed by atoms with E-state index in [4.69, 9.17) is 4.74 Å². The second kappa shape index (κ2) is 7.92. The van der Waals surface area contributed by atoms with Gasteiger partial charge < -0.3 is 15.0 Å². The van der Waals surface area contributed by atoms with Gasteiger partial charge in [0.2, 0.25) is 11.7 Å². The molecule has 0 atom stereocenters. The number of para-hydroxylation sites is 2. The van der Waals surface area contributed by atoms with Crippen LogP contribution in [-0.2, 0) is 11.4 Å². The Balaban J connectivity index is 1.32. The van der Waals surface area contributed by atoms with Gasteiger partial charge in [0.15, 0.2) is 5.16 Å². The fourth-order valence-electron chi connectivity index (χ4n) is 2.38. The summed E-state index contributed by atoms with van der Waals surface area (Å²) in [5.41, 5.74) is 2.76. The molecule has 27 heavy (non-hydrogen) atoms. The van der Waals surface area contributed by atoms with Crippen LogP contribution < -0.4 is 10.1 Å². The molecule has 1 amide bonds. The van der Waals surface area contributed by atoms with E-state index in [9.17, 15) is 4.79 Å². The molecule has 2 aromatic heterocycles. The van der Waals surface area contributed by atoms with Gasteiger partial charge in [-0.05, 0) is 28.0 Å². The van der Waals surface area contributed by atoms with Gasteiger partial charge in [-0.3, -0.25) is 4.79 Å². The Morgan fingerprint density at radius 3 is 2.78 bits per heavy atom. The van der Waals surface area contributed by atoms with Gasteiger partial charge in [-0.2, -0.15) is 0 Å². The molecule has 0 spiro atoms. The first-order chi connectivity index (χ1) is 13.3. The predicted molar refractivity (Wildman–Crippen MR) is 101 cm³/mol. The largest absolute Gasteiger partial charge is 0.468 e. The summed E-state index contributed by atoms with van der Waals surface area (Å²) in [6.45, 7) is 0.297. The number of fused-ring (bicyclic) bond motifs is 1. The number of hydrogen-bond acceptors (Lipinski definition) is 7. The van der Waals surface area contributed by atoms with Crippen molar-refractivity contribution < 1.29 is 14.2 Å². The summed E-state index contributed by atoms with van der Waals surface area (Å²) in [5.74, 6) is 0.188. The molecule has 4 rings (SSSR count). The van der Waals surface area contributed by atoms with E-state index >= 15 is 0 Å². The molecule has 9 heteroatoms. The molecule has 0 radical (unpaired) electrons. The van der Waals surface area contributed by atoms with Crippen molar-refractivity contribution in [2.75, 3.05) is 11.1 Å². The molecule has 0 saturated carbocycles. The maximum absolute atomic E-state index is 12.2. The van der Waals surface area contributed by atoms with Crippen molar-refractivity contribution in [2.45, 2.75) is 11.8 Å². The maximum atomic E-state index is 12.2. The van der Waals surface area contributed by atoms with Gasteiger partial charge in [0.1, 0.15) is 6.61 Å². The van der Waals surface area contributed by atoms with Crippen molar-refractivity contribution in [3.63, 3.8) is 0 Å². The third-order valence-corrected chi connectivity index (χ3v) is 4.52. The monoisotopic (exact) mass is 381 g/mol. The van der Waals surface area contributed by atoms with Crippen LogP contribution in [0.15, 0.2) is 64.4 Å². The number of H-pyrrole nitrogens is 1. The number of nitrogens with one attached hydrogen (secondary N) is 2. The fourth-order valence-corrected chi connectivity index (χ4v) is 3.06. The SMILES string of the molecule is O=C(CSc1nc2ccccc2[nH]1)Nc1nonc1OCc1ccccc1. The van der Waals surface area contributed by atoms with Crippen LogP contribution in [0, 0.1) is 0 Å². The molecule has 2 N–H and O–H groups in total. The van der Waals surface area contributed by atoms with Crippen molar-refractivity contribution in [3.8, 4) is 5.88 Å². The zero-order valence-corrected chi connectivity index (χ0v) is 14.9. The minimum Gasteiger partial charge on any atom is -0.468 e. The number of imidazole rings is 1. The number of carbonyl (C=O) groups excluding carboxylic acids is 1. The number of nitrogens with zero attached hydrogens (tertiary/aromatic N) is 3. The molecule has 2 aromatic carbocycles. The van der Waals surface area contributed by atoms with Crippen molar-refractivity contribution in [3.05, 3.63) is 60.2 Å². The molecule has 0 aliphatic rings. The predicted octanol–water partition coefficient (Wildman–Crippen LogP) is 3.26. The number of aromatic amines is 1. The lowest BCUT2D eigenvalue weighted by molar-refractivity contribution is -0.113. The van der Waals surface area contributed by atoms with Gasteiger partial charge in [-0.1, -0.05) is 54.2 Å². The smallest absolute Gasteiger partial charge is 0.301 e. The Bertz CT molecular complexity index is 1010. The first kappa shape index (κ1) is 17.1. The van der Waals surface area contributed by atoms with Crippen molar-refractivity contribution >= 4 is 34.5 Å². The van der Waals surface area contributed by atoms with E-state index in [0.29, 0.717) is 11.8 Å². The second-order valence-corrected chi connectivity index (χ2v) is 6.55. The molecular formula is C18H15N5O3S. The summed E-state index contributed by atoms with van der Waals surface area (Å²) in [5, 5.41) is 10.7. The molecule has 0 aliphatic carbocycles. The highest BCUT2D eigenvalue weighted by atomic mass is 32.2. The maximum Gasteiger partial charge on any atom is 0.301 e. The van der Waals surface area contributed by atoms with Crippen molar-refractivity contribution in [2.24, 2.45) is 0 Å². The average molecular weight is 381 g/mol. The van der Waals surface area contributed by atoms with Gasteiger partial charge in [-0.15, -0.1) is 0 Å². The summed E-state index contributed by atoms with van der Waals surface area (Å²) < 4.78 is 10.2. The number of anilines is 1. The summed E-state index contributed by atoms with van der Waals surface area (Å²) in [7, 11) is 0. The highest BCUT2D eigenvalue weighted by Crippen LogP contribution is 2.22. The molecule has 0 bridgehead atoms. The zero-order chi connectivity index (χ0) is 18.5. The molecule has 8 nitrogen and oxygen atoms in total. The summed E-state index contributed by atoms with van der Waals surface area (Å²) in [6.07, 6.45) is 0. The van der Waals surface area contributed by atoms with Gasteiger partial charge in [0.05, 0.1) is 16.8 Å². The third-order valence-electron chi connectivity index (χ3n) is 3.64. The zero-order valence-electron chi connectivity index (χ0n) is 14.1. The lowest BCUT2D eigenvalue weighted by Crippen LogP contribution is -2.15. The Morgan fingerprint density at radius 1 is 1.11 bits per heavy atom. The van der Waals surface area contributed by atoms with Crippen LogP contribution >= 0.6 is 11.8 Å². The molecule has 136 valence electrons. The lowest BCUT2D eigenvalue weighted by Gasteiger charge is -2.04. The summed E-state index contributed by atoms with van der Waals surface area (Å²) >= 11 is 1.29. The number of amides is 1. The summed E-state index contributed by atoms with van der Waals surface area (Å²) in [6, 6.07) is 17.3. The lowest BCUT2D eigenvalue weighted by atomic mass is 10.2. The van der Waals surface area contributed by atoms with Gasteiger partial charge >= 0.3 is 5.88 Å². The van der Waals surface area contributed by atoms with E-state index in [1.807, 2.05) is 54.6 Å². The van der Waals surface area contributed by atoms with Crippen LogP contribution in [0.25, 0.3) is 11.0 Å². The number of carbonyl (C=O) groups is 1. The second-order valence-electron chi connectivity index (χ2n) is 5.59. The van der Waals surface area contributed by atoms with Gasteiger partial charge in [0.25, 0.3) is 0 Å². The third kappa shape index (κ3) is 4.26. The van der Waals surface area contributed by atoms with Crippen LogP contribution in [-0.4, -0.2) is 31.9 Å². The Labute approximate surface area is 158 Å². The molecular weight excluding hydrogens is 366 g/mol. The standard InChI is InChI=1S/C18H15N5O3S/c24-15(11-27-18-19-13-8-4-5-9-14(13)20-18)21-16-17(23-26-22-16)25-10-12-6-2-1-3-7-12/h1-9H,10-11H2,(H,19,20)(H,21,22,24). The van der Waals surface area contributed by atoms with Crippen molar-refractivity contribution in [1.82, 2.24) is 20.3 Å². The topological polar surface area (TPSA) is 106 Å². The number of ether oxygens (including phenoxy) is 1. The molecule has 0 aliphatic heterocycles. The van der Waals surface area contributed by atoms with Crippen LogP contribution in [0.5, 0.6) is 5.88 Å². The van der Waals surface area contributed by atoms with E-state index in [-0.39, 0.29) is 23.4 Å². The van der Waals surface area contributed by atoms with Crippen molar-refractivity contribution in [1.29, 1.82) is 0 Å².